The second-order valence-electron chi connectivity index (χ2n) is 8.48. The van der Waals surface area contributed by atoms with Crippen LogP contribution < -0.4 is 10.2 Å². The lowest BCUT2D eigenvalue weighted by Crippen LogP contribution is -2.37. The molecule has 1 amide bonds. The molecule has 2 heterocycles. The van der Waals surface area contributed by atoms with Crippen LogP contribution >= 0.6 is 23.4 Å². The van der Waals surface area contributed by atoms with E-state index in [4.69, 9.17) is 21.1 Å². The monoisotopic (exact) mass is 569 g/mol. The summed E-state index contributed by atoms with van der Waals surface area (Å²) in [4.78, 5) is 14.8. The zero-order chi connectivity index (χ0) is 27.1. The summed E-state index contributed by atoms with van der Waals surface area (Å²) >= 11 is 7.17. The van der Waals surface area contributed by atoms with Crippen LogP contribution in [0.4, 0.5) is 24.5 Å². The molecule has 2 aromatic carbocycles. The Morgan fingerprint density at radius 3 is 2.58 bits per heavy atom. The number of rotatable bonds is 10. The van der Waals surface area contributed by atoms with Crippen LogP contribution in [0.5, 0.6) is 0 Å². The highest BCUT2D eigenvalue weighted by atomic mass is 35.5. The molecule has 8 nitrogen and oxygen atoms in total. The topological polar surface area (TPSA) is 81.5 Å². The summed E-state index contributed by atoms with van der Waals surface area (Å²) < 4.78 is 52.6. The van der Waals surface area contributed by atoms with Crippen molar-refractivity contribution >= 4 is 40.6 Å². The molecule has 0 spiro atoms. The average Bonchev–Trinajstić information content (AvgIpc) is 3.30. The van der Waals surface area contributed by atoms with Crippen LogP contribution in [0.1, 0.15) is 12.0 Å². The Morgan fingerprint density at radius 1 is 1.16 bits per heavy atom. The third-order valence-electron chi connectivity index (χ3n) is 5.83. The summed E-state index contributed by atoms with van der Waals surface area (Å²) in [5.74, 6) is 0.0958. The van der Waals surface area contributed by atoms with E-state index in [0.29, 0.717) is 67.6 Å². The first-order chi connectivity index (χ1) is 18.3. The highest BCUT2D eigenvalue weighted by Crippen LogP contribution is 2.36. The molecular formula is C25H27ClF3N5O3S. The molecule has 1 aliphatic heterocycles. The number of benzene rings is 2. The summed E-state index contributed by atoms with van der Waals surface area (Å²) in [5.41, 5.74) is 0.612. The van der Waals surface area contributed by atoms with Gasteiger partial charge >= 0.3 is 6.18 Å². The number of amides is 1. The molecule has 204 valence electrons. The fraction of sp³-hybridized carbons (Fsp3) is 0.400. The predicted octanol–water partition coefficient (Wildman–Crippen LogP) is 5.22. The van der Waals surface area contributed by atoms with E-state index in [-0.39, 0.29) is 11.4 Å². The van der Waals surface area contributed by atoms with Crippen LogP contribution in [0.3, 0.4) is 0 Å². The molecule has 0 saturated carbocycles. The number of nitrogens with zero attached hydrogens (tertiary/aromatic N) is 4. The van der Waals surface area contributed by atoms with Crippen molar-refractivity contribution in [3.05, 3.63) is 53.1 Å². The summed E-state index contributed by atoms with van der Waals surface area (Å²) in [6, 6.07) is 10.6. The van der Waals surface area contributed by atoms with E-state index in [1.807, 2.05) is 21.6 Å². The molecule has 13 heteroatoms. The highest BCUT2D eigenvalue weighted by Gasteiger charge is 2.32. The first-order valence-corrected chi connectivity index (χ1v) is 13.3. The second kappa shape index (κ2) is 12.8. The number of anilines is 2. The first kappa shape index (κ1) is 28.2. The quantitative estimate of drug-likeness (QED) is 0.265. The van der Waals surface area contributed by atoms with Gasteiger partial charge < -0.3 is 24.3 Å². The number of nitrogens with one attached hydrogen (secondary N) is 1. The van der Waals surface area contributed by atoms with Crippen molar-refractivity contribution in [2.75, 3.05) is 56.0 Å². The zero-order valence-electron chi connectivity index (χ0n) is 20.6. The number of ether oxygens (including phenoxy) is 2. The van der Waals surface area contributed by atoms with Gasteiger partial charge in [0.25, 0.3) is 0 Å². The Kier molecular flexibility index (Phi) is 9.53. The Morgan fingerprint density at radius 2 is 1.89 bits per heavy atom. The zero-order valence-corrected chi connectivity index (χ0v) is 22.2. The largest absolute Gasteiger partial charge is 0.416 e. The van der Waals surface area contributed by atoms with E-state index >= 15 is 0 Å². The lowest BCUT2D eigenvalue weighted by atomic mass is 10.1. The maximum Gasteiger partial charge on any atom is 0.416 e. The number of thioether (sulfide) groups is 1. The van der Waals surface area contributed by atoms with Gasteiger partial charge in [-0.05, 0) is 48.9 Å². The molecular weight excluding hydrogens is 543 g/mol. The maximum atomic E-state index is 13.4. The van der Waals surface area contributed by atoms with Crippen molar-refractivity contribution in [1.82, 2.24) is 14.8 Å². The molecule has 0 unspecified atom stereocenters. The third-order valence-corrected chi connectivity index (χ3v) is 7.05. The lowest BCUT2D eigenvalue weighted by Gasteiger charge is -2.31. The molecule has 38 heavy (non-hydrogen) atoms. The second-order valence-corrected chi connectivity index (χ2v) is 9.86. The van der Waals surface area contributed by atoms with Gasteiger partial charge in [0.15, 0.2) is 11.0 Å². The minimum atomic E-state index is -4.53. The number of hydrogen-bond acceptors (Lipinski definition) is 7. The van der Waals surface area contributed by atoms with E-state index in [2.05, 4.69) is 15.5 Å². The van der Waals surface area contributed by atoms with E-state index < -0.39 is 17.6 Å². The summed E-state index contributed by atoms with van der Waals surface area (Å²) in [6.07, 6.45) is -3.84. The number of halogens is 4. The molecule has 3 aromatic rings. The molecule has 1 N–H and O–H groups in total. The normalized spacial score (nSPS) is 14.1. The number of hydrogen-bond donors (Lipinski definition) is 1. The van der Waals surface area contributed by atoms with Crippen LogP contribution in [0.15, 0.2) is 47.6 Å². The molecule has 0 aliphatic carbocycles. The van der Waals surface area contributed by atoms with Gasteiger partial charge in [0.2, 0.25) is 5.91 Å². The van der Waals surface area contributed by atoms with Crippen molar-refractivity contribution in [3.63, 3.8) is 0 Å². The van der Waals surface area contributed by atoms with Crippen LogP contribution in [0.25, 0.3) is 11.4 Å². The number of morpholine rings is 1. The van der Waals surface area contributed by atoms with Crippen molar-refractivity contribution in [2.45, 2.75) is 24.3 Å². The van der Waals surface area contributed by atoms with Gasteiger partial charge in [-0.15, -0.1) is 10.2 Å². The number of carbonyl (C=O) groups is 1. The van der Waals surface area contributed by atoms with Gasteiger partial charge in [0.05, 0.1) is 35.9 Å². The molecule has 0 bridgehead atoms. The van der Waals surface area contributed by atoms with Gasteiger partial charge in [-0.25, -0.2) is 0 Å². The van der Waals surface area contributed by atoms with Crippen LogP contribution in [0.2, 0.25) is 5.02 Å². The van der Waals surface area contributed by atoms with Gasteiger partial charge in [-0.2, -0.15) is 13.2 Å². The highest BCUT2D eigenvalue weighted by molar-refractivity contribution is 7.99. The van der Waals surface area contributed by atoms with Crippen molar-refractivity contribution in [1.29, 1.82) is 0 Å². The molecule has 0 radical (unpaired) electrons. The Bertz CT molecular complexity index is 1230. The van der Waals surface area contributed by atoms with Gasteiger partial charge in [-0.3, -0.25) is 4.79 Å². The smallest absolute Gasteiger partial charge is 0.385 e. The number of methoxy groups -OCH3 is 1. The molecule has 4 rings (SSSR count). The van der Waals surface area contributed by atoms with Crippen LogP contribution in [0, 0.1) is 0 Å². The van der Waals surface area contributed by atoms with Crippen molar-refractivity contribution < 1.29 is 27.4 Å². The predicted molar refractivity (Wildman–Crippen MR) is 141 cm³/mol. The van der Waals surface area contributed by atoms with Crippen LogP contribution in [-0.2, 0) is 27.0 Å². The Hall–Kier alpha value is -2.80. The van der Waals surface area contributed by atoms with Crippen LogP contribution in [-0.4, -0.2) is 66.4 Å². The maximum absolute atomic E-state index is 13.4. The fourth-order valence-corrected chi connectivity index (χ4v) is 4.88. The number of aromatic nitrogens is 3. The van der Waals surface area contributed by atoms with Crippen molar-refractivity contribution in [3.8, 4) is 11.4 Å². The standard InChI is InChI=1S/C25H27ClF3N5O3S/c1-36-12-2-9-34-23(17-3-6-19(26)7-4-17)31-32-24(34)38-16-22(35)30-20-15-18(25(27,28)29)5-8-21(20)33-10-13-37-14-11-33/h3-8,15H,2,9-14,16H2,1H3,(H,30,35). The minimum absolute atomic E-state index is 0.0676. The molecule has 0 atom stereocenters. The molecule has 1 saturated heterocycles. The van der Waals surface area contributed by atoms with E-state index in [1.54, 1.807) is 19.2 Å². The Balaban J connectivity index is 1.51. The summed E-state index contributed by atoms with van der Waals surface area (Å²) in [7, 11) is 1.62. The van der Waals surface area contributed by atoms with Crippen molar-refractivity contribution in [2.24, 2.45) is 0 Å². The van der Waals surface area contributed by atoms with Gasteiger partial charge in [0.1, 0.15) is 0 Å². The lowest BCUT2D eigenvalue weighted by molar-refractivity contribution is -0.137. The van der Waals surface area contributed by atoms with E-state index in [1.165, 1.54) is 6.07 Å². The molecule has 1 aliphatic rings. The van der Waals surface area contributed by atoms with E-state index in [9.17, 15) is 18.0 Å². The summed E-state index contributed by atoms with van der Waals surface area (Å²) in [5, 5.41) is 12.3. The fourth-order valence-electron chi connectivity index (χ4n) is 3.99. The molecule has 1 aromatic heterocycles. The van der Waals surface area contributed by atoms with Gasteiger partial charge in [0, 0.05) is 43.9 Å². The van der Waals surface area contributed by atoms with Gasteiger partial charge in [-0.1, -0.05) is 23.4 Å². The van der Waals surface area contributed by atoms with E-state index in [0.717, 1.165) is 29.5 Å². The molecule has 1 fully saturated rings. The first-order valence-electron chi connectivity index (χ1n) is 11.9. The number of carbonyl (C=O) groups excluding carboxylic acids is 1. The minimum Gasteiger partial charge on any atom is -0.385 e. The average molecular weight is 570 g/mol. The number of alkyl halides is 3. The SMILES string of the molecule is COCCCn1c(SCC(=O)Nc2cc(C(F)(F)F)ccc2N2CCOCC2)nnc1-c1ccc(Cl)cc1. The third kappa shape index (κ3) is 7.19. The Labute approximate surface area is 227 Å². The summed E-state index contributed by atoms with van der Waals surface area (Å²) in [6.45, 7) is 3.03.